The van der Waals surface area contributed by atoms with Crippen molar-refractivity contribution < 1.29 is 9.84 Å². The molecule has 0 aliphatic heterocycles. The van der Waals surface area contributed by atoms with Crippen molar-refractivity contribution in [2.75, 3.05) is 39.8 Å². The highest BCUT2D eigenvalue weighted by molar-refractivity contribution is 6.31. The maximum Gasteiger partial charge on any atom is 0.119 e. The monoisotopic (exact) mass is 300 g/mol. The average molecular weight is 301 g/mol. The maximum absolute atomic E-state index is 9.83. The van der Waals surface area contributed by atoms with Crippen molar-refractivity contribution in [3.8, 4) is 5.75 Å². The Balaban J connectivity index is 2.19. The van der Waals surface area contributed by atoms with Crippen LogP contribution in [-0.4, -0.2) is 55.9 Å². The summed E-state index contributed by atoms with van der Waals surface area (Å²) in [5.74, 6) is 0.733. The van der Waals surface area contributed by atoms with Gasteiger partial charge in [0, 0.05) is 24.7 Å². The molecule has 1 rings (SSSR count). The highest BCUT2D eigenvalue weighted by atomic mass is 35.5. The van der Waals surface area contributed by atoms with Crippen LogP contribution in [0.1, 0.15) is 12.5 Å². The third kappa shape index (κ3) is 6.57. The van der Waals surface area contributed by atoms with E-state index in [1.165, 1.54) is 0 Å². The number of hydrogen-bond donors (Lipinski definition) is 2. The zero-order chi connectivity index (χ0) is 15.0. The van der Waals surface area contributed by atoms with E-state index in [0.717, 1.165) is 36.0 Å². The number of nitrogens with zero attached hydrogens (tertiary/aromatic N) is 1. The molecule has 0 aromatic heterocycles. The van der Waals surface area contributed by atoms with Crippen LogP contribution in [0.4, 0.5) is 0 Å². The molecule has 1 aromatic rings. The van der Waals surface area contributed by atoms with E-state index >= 15 is 0 Å². The van der Waals surface area contributed by atoms with Gasteiger partial charge in [-0.1, -0.05) is 18.5 Å². The first-order chi connectivity index (χ1) is 9.52. The highest BCUT2D eigenvalue weighted by Gasteiger charge is 2.06. The Morgan fingerprint density at radius 3 is 2.85 bits per heavy atom. The number of halogens is 1. The fourth-order valence-corrected chi connectivity index (χ4v) is 1.77. The largest absolute Gasteiger partial charge is 0.491 e. The van der Waals surface area contributed by atoms with Gasteiger partial charge in [0.15, 0.2) is 0 Å². The average Bonchev–Trinajstić information content (AvgIpc) is 2.44. The summed E-state index contributed by atoms with van der Waals surface area (Å²) < 4.78 is 5.54. The molecule has 0 heterocycles. The Morgan fingerprint density at radius 1 is 1.45 bits per heavy atom. The topological polar surface area (TPSA) is 44.7 Å². The van der Waals surface area contributed by atoms with Gasteiger partial charge < -0.3 is 20.1 Å². The minimum Gasteiger partial charge on any atom is -0.491 e. The number of benzene rings is 1. The van der Waals surface area contributed by atoms with Crippen LogP contribution in [0.5, 0.6) is 5.75 Å². The van der Waals surface area contributed by atoms with Crippen molar-refractivity contribution in [3.63, 3.8) is 0 Å². The molecule has 5 heteroatoms. The number of likely N-dealkylation sites (N-methyl/N-ethyl adjacent to an activating group) is 1. The van der Waals surface area contributed by atoms with E-state index < -0.39 is 6.10 Å². The lowest BCUT2D eigenvalue weighted by Gasteiger charge is -2.16. The van der Waals surface area contributed by atoms with Gasteiger partial charge in [-0.15, -0.1) is 0 Å². The molecule has 0 amide bonds. The van der Waals surface area contributed by atoms with E-state index in [2.05, 4.69) is 24.2 Å². The van der Waals surface area contributed by atoms with Gasteiger partial charge in [-0.2, -0.15) is 0 Å². The van der Waals surface area contributed by atoms with Crippen molar-refractivity contribution in [2.24, 2.45) is 0 Å². The lowest BCUT2D eigenvalue weighted by molar-refractivity contribution is 0.106. The number of nitrogens with one attached hydrogen (secondary N) is 1. The molecule has 0 aliphatic rings. The number of rotatable bonds is 9. The second-order valence-corrected chi connectivity index (χ2v) is 5.38. The SMILES string of the molecule is CCN(C)CCNCC(O)COc1ccc(Cl)c(C)c1. The van der Waals surface area contributed by atoms with Gasteiger partial charge >= 0.3 is 0 Å². The predicted molar refractivity (Wildman–Crippen MR) is 83.7 cm³/mol. The number of aliphatic hydroxyl groups excluding tert-OH is 1. The van der Waals surface area contributed by atoms with Gasteiger partial charge in [0.1, 0.15) is 18.5 Å². The molecule has 1 unspecified atom stereocenters. The van der Waals surface area contributed by atoms with Crippen LogP contribution in [0, 0.1) is 6.92 Å². The summed E-state index contributed by atoms with van der Waals surface area (Å²) in [6, 6.07) is 5.49. The summed E-state index contributed by atoms with van der Waals surface area (Å²) in [6.07, 6.45) is -0.516. The van der Waals surface area contributed by atoms with Crippen LogP contribution in [-0.2, 0) is 0 Å². The van der Waals surface area contributed by atoms with Crippen LogP contribution in [0.3, 0.4) is 0 Å². The summed E-state index contributed by atoms with van der Waals surface area (Å²) in [5, 5.41) is 13.8. The van der Waals surface area contributed by atoms with Crippen LogP contribution in [0.15, 0.2) is 18.2 Å². The lowest BCUT2D eigenvalue weighted by Crippen LogP contribution is -2.36. The van der Waals surface area contributed by atoms with E-state index in [-0.39, 0.29) is 6.61 Å². The second-order valence-electron chi connectivity index (χ2n) is 4.98. The van der Waals surface area contributed by atoms with Crippen LogP contribution >= 0.6 is 11.6 Å². The molecule has 1 aromatic carbocycles. The van der Waals surface area contributed by atoms with E-state index in [4.69, 9.17) is 16.3 Å². The molecule has 0 bridgehead atoms. The van der Waals surface area contributed by atoms with Crippen molar-refractivity contribution in [1.82, 2.24) is 10.2 Å². The first-order valence-corrected chi connectivity index (χ1v) is 7.37. The Morgan fingerprint density at radius 2 is 2.20 bits per heavy atom. The summed E-state index contributed by atoms with van der Waals surface area (Å²) >= 11 is 5.95. The number of hydrogen-bond acceptors (Lipinski definition) is 4. The zero-order valence-electron chi connectivity index (χ0n) is 12.5. The van der Waals surface area contributed by atoms with Gasteiger partial charge in [-0.25, -0.2) is 0 Å². The van der Waals surface area contributed by atoms with Crippen molar-refractivity contribution in [3.05, 3.63) is 28.8 Å². The number of ether oxygens (including phenoxy) is 1. The van der Waals surface area contributed by atoms with Gasteiger partial charge in [0.2, 0.25) is 0 Å². The summed E-state index contributed by atoms with van der Waals surface area (Å²) in [7, 11) is 2.07. The van der Waals surface area contributed by atoms with E-state index in [0.29, 0.717) is 6.54 Å². The van der Waals surface area contributed by atoms with Crippen LogP contribution < -0.4 is 10.1 Å². The highest BCUT2D eigenvalue weighted by Crippen LogP contribution is 2.20. The molecule has 114 valence electrons. The Kier molecular flexibility index (Phi) is 7.92. The summed E-state index contributed by atoms with van der Waals surface area (Å²) in [6.45, 7) is 7.72. The van der Waals surface area contributed by atoms with Crippen molar-refractivity contribution in [2.45, 2.75) is 20.0 Å². The van der Waals surface area contributed by atoms with Crippen LogP contribution in [0.2, 0.25) is 5.02 Å². The van der Waals surface area contributed by atoms with Gasteiger partial charge in [0.25, 0.3) is 0 Å². The van der Waals surface area contributed by atoms with E-state index in [1.54, 1.807) is 6.07 Å². The molecule has 0 saturated heterocycles. The molecule has 0 spiro atoms. The fourth-order valence-electron chi connectivity index (χ4n) is 1.66. The molecule has 4 nitrogen and oxygen atoms in total. The predicted octanol–water partition coefficient (Wildman–Crippen LogP) is 1.93. The molecule has 0 radical (unpaired) electrons. The molecule has 20 heavy (non-hydrogen) atoms. The van der Waals surface area contributed by atoms with Gasteiger partial charge in [0.05, 0.1) is 0 Å². The Bertz CT molecular complexity index is 401. The number of aryl methyl sites for hydroxylation is 1. The minimum absolute atomic E-state index is 0.275. The minimum atomic E-state index is -0.516. The second kappa shape index (κ2) is 9.19. The van der Waals surface area contributed by atoms with Gasteiger partial charge in [-0.3, -0.25) is 0 Å². The van der Waals surface area contributed by atoms with Crippen molar-refractivity contribution in [1.29, 1.82) is 0 Å². The molecular formula is C15H25ClN2O2. The first-order valence-electron chi connectivity index (χ1n) is 6.99. The third-order valence-electron chi connectivity index (χ3n) is 3.16. The van der Waals surface area contributed by atoms with Gasteiger partial charge in [-0.05, 0) is 44.3 Å². The molecule has 0 fully saturated rings. The lowest BCUT2D eigenvalue weighted by atomic mass is 10.2. The third-order valence-corrected chi connectivity index (χ3v) is 3.59. The van der Waals surface area contributed by atoms with Crippen molar-refractivity contribution >= 4 is 11.6 Å². The van der Waals surface area contributed by atoms with E-state index in [9.17, 15) is 5.11 Å². The summed E-state index contributed by atoms with van der Waals surface area (Å²) in [5.41, 5.74) is 0.972. The zero-order valence-corrected chi connectivity index (χ0v) is 13.3. The standard InChI is InChI=1S/C15H25ClN2O2/c1-4-18(3)8-7-17-10-13(19)11-20-14-5-6-15(16)12(2)9-14/h5-6,9,13,17,19H,4,7-8,10-11H2,1-3H3. The normalized spacial score (nSPS) is 12.7. The first kappa shape index (κ1) is 17.2. The summed E-state index contributed by atoms with van der Waals surface area (Å²) in [4.78, 5) is 2.21. The smallest absolute Gasteiger partial charge is 0.119 e. The molecule has 1 atom stereocenters. The molecule has 2 N–H and O–H groups in total. The molecule has 0 aliphatic carbocycles. The quantitative estimate of drug-likeness (QED) is 0.684. The van der Waals surface area contributed by atoms with Crippen LogP contribution in [0.25, 0.3) is 0 Å². The fraction of sp³-hybridized carbons (Fsp3) is 0.600. The van der Waals surface area contributed by atoms with E-state index in [1.807, 2.05) is 19.1 Å². The molecular weight excluding hydrogens is 276 g/mol. The maximum atomic E-state index is 9.83. The molecule has 0 saturated carbocycles. The Hall–Kier alpha value is -0.810. The Labute approximate surface area is 126 Å². The number of aliphatic hydroxyl groups is 1.